The van der Waals surface area contributed by atoms with Gasteiger partial charge in [-0.05, 0) is 0 Å². The average molecular weight is 551 g/mol. The summed E-state index contributed by atoms with van der Waals surface area (Å²) in [7, 11) is -1.43. The van der Waals surface area contributed by atoms with E-state index in [0.717, 1.165) is 19.4 Å². The van der Waals surface area contributed by atoms with Crippen molar-refractivity contribution in [3.8, 4) is 11.1 Å². The van der Waals surface area contributed by atoms with Gasteiger partial charge in [0.25, 0.3) is 0 Å². The van der Waals surface area contributed by atoms with Gasteiger partial charge in [0, 0.05) is 0 Å². The van der Waals surface area contributed by atoms with Gasteiger partial charge in [-0.3, -0.25) is 0 Å². The van der Waals surface area contributed by atoms with Crippen LogP contribution in [0.4, 0.5) is 0 Å². The van der Waals surface area contributed by atoms with E-state index in [1.54, 1.807) is 17.6 Å². The maximum Gasteiger partial charge on any atom is -1.00 e. The molecule has 0 spiro atoms. The Morgan fingerprint density at radius 1 is 0.935 bits per heavy atom. The zero-order valence-electron chi connectivity index (χ0n) is 19.1. The van der Waals surface area contributed by atoms with Crippen LogP contribution < -0.4 is 24.8 Å². The first kappa shape index (κ1) is 26.7. The van der Waals surface area contributed by atoms with E-state index in [2.05, 4.69) is 94.2 Å². The van der Waals surface area contributed by atoms with Crippen LogP contribution in [0.25, 0.3) is 11.1 Å². The van der Waals surface area contributed by atoms with Gasteiger partial charge in [-0.15, -0.1) is 0 Å². The van der Waals surface area contributed by atoms with Crippen molar-refractivity contribution in [1.82, 2.24) is 0 Å². The van der Waals surface area contributed by atoms with Crippen molar-refractivity contribution in [1.29, 1.82) is 0 Å². The Bertz CT molecular complexity index is 984. The molecule has 4 rings (SSSR count). The number of hydrogen-bond acceptors (Lipinski definition) is 1. The smallest absolute Gasteiger partial charge is 1.00 e. The molecule has 0 fully saturated rings. The number of hydrogen-bond donors (Lipinski definition) is 0. The Morgan fingerprint density at radius 3 is 2.00 bits per heavy atom. The van der Waals surface area contributed by atoms with E-state index in [0.29, 0.717) is 3.63 Å². The molecule has 1 nitrogen and oxygen atoms in total. The number of benzene rings is 2. The molecule has 0 N–H and O–H groups in total. The summed E-state index contributed by atoms with van der Waals surface area (Å²) in [6, 6.07) is 18.2. The van der Waals surface area contributed by atoms with Crippen LogP contribution in [0.15, 0.2) is 69.5 Å². The van der Waals surface area contributed by atoms with Crippen LogP contribution in [0.1, 0.15) is 41.4 Å². The van der Waals surface area contributed by atoms with Crippen LogP contribution in [-0.2, 0) is 25.7 Å². The maximum atomic E-state index is 6.11. The fourth-order valence-corrected chi connectivity index (χ4v) is 13.7. The summed E-state index contributed by atoms with van der Waals surface area (Å²) in [4.78, 5) is 0. The molecule has 5 heteroatoms. The zero-order chi connectivity index (χ0) is 20.6. The molecule has 2 aromatic rings. The minimum Gasteiger partial charge on any atom is -1.00 e. The van der Waals surface area contributed by atoms with Crippen molar-refractivity contribution in [2.75, 3.05) is 6.61 Å². The second kappa shape index (κ2) is 11.0. The number of rotatable bonds is 6. The van der Waals surface area contributed by atoms with Gasteiger partial charge in [-0.25, -0.2) is 0 Å². The van der Waals surface area contributed by atoms with E-state index in [4.69, 9.17) is 4.43 Å². The van der Waals surface area contributed by atoms with Crippen molar-refractivity contribution in [2.24, 2.45) is 0 Å². The molecule has 0 heterocycles. The molecule has 0 amide bonds. The van der Waals surface area contributed by atoms with Crippen LogP contribution in [0.5, 0.6) is 0 Å². The molecule has 2 aromatic carbocycles. The minimum absolute atomic E-state index is 0. The maximum absolute atomic E-state index is 6.11. The third-order valence-electron chi connectivity index (χ3n) is 5.88. The number of allylic oxidation sites excluding steroid dienone is 3. The summed E-state index contributed by atoms with van der Waals surface area (Å²) in [5, 5.41) is 0. The Morgan fingerprint density at radius 2 is 1.48 bits per heavy atom. The van der Waals surface area contributed by atoms with Crippen LogP contribution >= 0.6 is 0 Å². The van der Waals surface area contributed by atoms with Crippen molar-refractivity contribution in [3.63, 3.8) is 0 Å². The minimum atomic E-state index is -2.03. The van der Waals surface area contributed by atoms with Crippen LogP contribution in [0, 0.1) is 0 Å². The SMILES string of the molecule is C[C](C)=[Zr+2]([C]1=CC(CCO[Si](C)(C)C)=CC1)[CH]1c2ccccc2-c2ccccc21.[Cl-].[Cl-]. The predicted molar refractivity (Wildman–Crippen MR) is 125 cm³/mol. The number of fused-ring (bicyclic) bond motifs is 3. The molecule has 0 saturated carbocycles. The molecule has 0 bridgehead atoms. The summed E-state index contributed by atoms with van der Waals surface area (Å²) >= 11 is -2.03. The molecule has 0 unspecified atom stereocenters. The summed E-state index contributed by atoms with van der Waals surface area (Å²) in [6.45, 7) is 12.5. The topological polar surface area (TPSA) is 9.23 Å². The van der Waals surface area contributed by atoms with Crippen molar-refractivity contribution in [3.05, 3.63) is 80.7 Å². The van der Waals surface area contributed by atoms with Gasteiger partial charge < -0.3 is 24.8 Å². The molecule has 0 aromatic heterocycles. The van der Waals surface area contributed by atoms with Crippen molar-refractivity contribution < 1.29 is 50.5 Å². The molecule has 2 aliphatic rings. The Kier molecular flexibility index (Phi) is 9.50. The van der Waals surface area contributed by atoms with E-state index in [1.165, 1.54) is 16.7 Å². The Hall–Kier alpha value is -0.570. The first-order valence-corrected chi connectivity index (χ1v) is 18.0. The largest absolute Gasteiger partial charge is 1.00 e. The molecular weight excluding hydrogens is 519 g/mol. The first-order chi connectivity index (χ1) is 13.8. The fraction of sp³-hybridized carbons (Fsp3) is 0.346. The van der Waals surface area contributed by atoms with Gasteiger partial charge in [-0.2, -0.15) is 0 Å². The summed E-state index contributed by atoms with van der Waals surface area (Å²) in [5.74, 6) is 0. The molecule has 0 radical (unpaired) electrons. The van der Waals surface area contributed by atoms with Gasteiger partial charge in [0.05, 0.1) is 0 Å². The third kappa shape index (κ3) is 5.87. The second-order valence-corrected chi connectivity index (χ2v) is 21.4. The zero-order valence-corrected chi connectivity index (χ0v) is 24.1. The Labute approximate surface area is 209 Å². The van der Waals surface area contributed by atoms with Gasteiger partial charge in [-0.1, -0.05) is 0 Å². The Balaban J connectivity index is 0.00000171. The normalized spacial score (nSPS) is 14.3. The molecule has 0 atom stereocenters. The van der Waals surface area contributed by atoms with Crippen LogP contribution in [0.3, 0.4) is 0 Å². The third-order valence-corrected chi connectivity index (χ3v) is 15.1. The summed E-state index contributed by atoms with van der Waals surface area (Å²) in [5.41, 5.74) is 7.56. The standard InChI is InChI=1S/C13H9.C10H17OSi.C3H6.2ClH.Zr/c1-3-7-12-10(5-1)9-11-6-2-4-8-13(11)12;1-12(2,3)11-9-8-10-6-4-5-7-10;1-3-2;;;/h1-9H;6-7H,4,8-9H2,1-3H3;1-2H3;2*1H;/q;;;;;+2/p-2. The van der Waals surface area contributed by atoms with Gasteiger partial charge in [0.15, 0.2) is 0 Å². The predicted octanol–water partition coefficient (Wildman–Crippen LogP) is 1.05. The molecule has 31 heavy (non-hydrogen) atoms. The van der Waals surface area contributed by atoms with E-state index < -0.39 is 29.6 Å². The summed E-state index contributed by atoms with van der Waals surface area (Å²) in [6.07, 6.45) is 7.24. The van der Waals surface area contributed by atoms with Gasteiger partial charge >= 0.3 is 186 Å². The molecule has 0 saturated heterocycles. The quantitative estimate of drug-likeness (QED) is 0.489. The first-order valence-electron chi connectivity index (χ1n) is 10.7. The van der Waals surface area contributed by atoms with Crippen molar-refractivity contribution >= 4 is 11.5 Å². The van der Waals surface area contributed by atoms with E-state index in [9.17, 15) is 0 Å². The van der Waals surface area contributed by atoms with E-state index in [-0.39, 0.29) is 24.8 Å². The van der Waals surface area contributed by atoms with E-state index in [1.807, 2.05) is 0 Å². The van der Waals surface area contributed by atoms with Crippen LogP contribution in [0.2, 0.25) is 19.6 Å². The monoisotopic (exact) mass is 548 g/mol. The molecule has 0 aliphatic heterocycles. The van der Waals surface area contributed by atoms with Crippen LogP contribution in [-0.4, -0.2) is 18.1 Å². The molecule has 164 valence electrons. The van der Waals surface area contributed by atoms with Gasteiger partial charge in [0.1, 0.15) is 0 Å². The molecular formula is C26H32Cl2OSiZr. The van der Waals surface area contributed by atoms with Crippen molar-refractivity contribution in [2.45, 2.75) is 50.0 Å². The van der Waals surface area contributed by atoms with Gasteiger partial charge in [0.2, 0.25) is 0 Å². The second-order valence-electron chi connectivity index (χ2n) is 9.38. The number of halogens is 2. The average Bonchev–Trinajstić information content (AvgIpc) is 3.25. The molecule has 2 aliphatic carbocycles. The summed E-state index contributed by atoms with van der Waals surface area (Å²) < 4.78 is 10.2. The van der Waals surface area contributed by atoms with E-state index >= 15 is 0 Å². The fourth-order valence-electron chi connectivity index (χ4n) is 4.68.